The second-order valence-electron chi connectivity index (χ2n) is 6.06. The van der Waals surface area contributed by atoms with Gasteiger partial charge in [0.2, 0.25) is 5.91 Å². The number of hydrogen-bond donors (Lipinski definition) is 2. The van der Waals surface area contributed by atoms with E-state index in [0.717, 1.165) is 24.2 Å². The zero-order chi connectivity index (χ0) is 17.8. The highest BCUT2D eigenvalue weighted by Gasteiger charge is 2.21. The summed E-state index contributed by atoms with van der Waals surface area (Å²) in [5.74, 6) is 0.403. The van der Waals surface area contributed by atoms with Gasteiger partial charge in [-0.2, -0.15) is 0 Å². The molecule has 1 fully saturated rings. The van der Waals surface area contributed by atoms with Crippen LogP contribution in [0, 0.1) is 6.92 Å². The van der Waals surface area contributed by atoms with E-state index in [4.69, 9.17) is 10.5 Å². The molecular weight excluding hydrogens is 354 g/mol. The van der Waals surface area contributed by atoms with Gasteiger partial charge in [-0.15, -0.1) is 12.4 Å². The van der Waals surface area contributed by atoms with Gasteiger partial charge in [-0.1, -0.05) is 12.1 Å². The second-order valence-corrected chi connectivity index (χ2v) is 6.06. The summed E-state index contributed by atoms with van der Waals surface area (Å²) in [5, 5.41) is 2.79. The predicted octanol–water partition coefficient (Wildman–Crippen LogP) is 3.14. The molecule has 0 spiro atoms. The lowest BCUT2D eigenvalue weighted by atomic mass is 10.2. The van der Waals surface area contributed by atoms with Gasteiger partial charge in [0.05, 0.1) is 0 Å². The second kappa shape index (κ2) is 8.58. The quantitative estimate of drug-likeness (QED) is 0.786. The molecule has 1 aliphatic heterocycles. The van der Waals surface area contributed by atoms with Crippen molar-refractivity contribution >= 4 is 41.3 Å². The number of rotatable bonds is 5. The maximum Gasteiger partial charge on any atom is 0.262 e. The van der Waals surface area contributed by atoms with Crippen LogP contribution < -0.4 is 20.7 Å². The Bertz CT molecular complexity index is 810. The molecule has 3 rings (SSSR count). The van der Waals surface area contributed by atoms with E-state index in [0.29, 0.717) is 23.5 Å². The fourth-order valence-electron chi connectivity index (χ4n) is 2.77. The van der Waals surface area contributed by atoms with Gasteiger partial charge >= 0.3 is 0 Å². The van der Waals surface area contributed by atoms with Gasteiger partial charge in [-0.05, 0) is 43.2 Å². The minimum atomic E-state index is -0.267. The Kier molecular flexibility index (Phi) is 6.46. The summed E-state index contributed by atoms with van der Waals surface area (Å²) in [4.78, 5) is 25.7. The van der Waals surface area contributed by atoms with Crippen LogP contribution in [0.2, 0.25) is 0 Å². The third-order valence-electron chi connectivity index (χ3n) is 4.11. The molecule has 26 heavy (non-hydrogen) atoms. The van der Waals surface area contributed by atoms with E-state index in [1.54, 1.807) is 29.2 Å². The molecule has 1 heterocycles. The van der Waals surface area contributed by atoms with Crippen molar-refractivity contribution < 1.29 is 14.3 Å². The topological polar surface area (TPSA) is 84.7 Å². The molecule has 1 saturated heterocycles. The van der Waals surface area contributed by atoms with E-state index < -0.39 is 0 Å². The summed E-state index contributed by atoms with van der Waals surface area (Å²) in [7, 11) is 0. The molecule has 0 aliphatic carbocycles. The predicted molar refractivity (Wildman–Crippen MR) is 105 cm³/mol. The van der Waals surface area contributed by atoms with Crippen LogP contribution in [-0.4, -0.2) is 25.0 Å². The molecule has 2 aromatic rings. The van der Waals surface area contributed by atoms with Gasteiger partial charge in [-0.25, -0.2) is 0 Å². The maximum atomic E-state index is 12.1. The molecule has 7 heteroatoms. The summed E-state index contributed by atoms with van der Waals surface area (Å²) < 4.78 is 5.56. The number of benzene rings is 2. The number of amides is 2. The van der Waals surface area contributed by atoms with Crippen LogP contribution in [0.15, 0.2) is 42.5 Å². The molecule has 2 aromatic carbocycles. The minimum Gasteiger partial charge on any atom is -0.484 e. The molecule has 0 aromatic heterocycles. The molecule has 0 bridgehead atoms. The fraction of sp³-hybridized carbons (Fsp3) is 0.263. The van der Waals surface area contributed by atoms with Gasteiger partial charge < -0.3 is 20.7 Å². The number of anilines is 3. The van der Waals surface area contributed by atoms with Gasteiger partial charge in [-0.3, -0.25) is 9.59 Å². The Morgan fingerprint density at radius 3 is 2.81 bits per heavy atom. The fourth-order valence-corrected chi connectivity index (χ4v) is 2.77. The van der Waals surface area contributed by atoms with Crippen LogP contribution in [0.1, 0.15) is 18.4 Å². The van der Waals surface area contributed by atoms with Crippen LogP contribution in [0.5, 0.6) is 5.75 Å². The third-order valence-corrected chi connectivity index (χ3v) is 4.11. The highest BCUT2D eigenvalue weighted by molar-refractivity contribution is 5.95. The highest BCUT2D eigenvalue weighted by Crippen LogP contribution is 2.25. The summed E-state index contributed by atoms with van der Waals surface area (Å²) >= 11 is 0. The van der Waals surface area contributed by atoms with E-state index in [9.17, 15) is 9.59 Å². The van der Waals surface area contributed by atoms with Crippen molar-refractivity contribution in [3.8, 4) is 5.75 Å². The Labute approximate surface area is 158 Å². The van der Waals surface area contributed by atoms with Crippen LogP contribution in [0.3, 0.4) is 0 Å². The maximum absolute atomic E-state index is 12.1. The summed E-state index contributed by atoms with van der Waals surface area (Å²) in [6.07, 6.45) is 1.44. The lowest BCUT2D eigenvalue weighted by molar-refractivity contribution is -0.118. The van der Waals surface area contributed by atoms with Crippen molar-refractivity contribution in [2.24, 2.45) is 0 Å². The number of nitrogen functional groups attached to an aromatic ring is 1. The van der Waals surface area contributed by atoms with E-state index in [2.05, 4.69) is 5.32 Å². The van der Waals surface area contributed by atoms with Gasteiger partial charge in [0.15, 0.2) is 6.61 Å². The molecule has 0 radical (unpaired) electrons. The van der Waals surface area contributed by atoms with Crippen molar-refractivity contribution in [3.63, 3.8) is 0 Å². The van der Waals surface area contributed by atoms with E-state index in [1.165, 1.54) is 0 Å². The Morgan fingerprint density at radius 1 is 1.27 bits per heavy atom. The number of carbonyl (C=O) groups is 2. The molecule has 0 atom stereocenters. The smallest absolute Gasteiger partial charge is 0.262 e. The van der Waals surface area contributed by atoms with E-state index in [1.807, 2.05) is 25.1 Å². The molecule has 0 unspecified atom stereocenters. The third kappa shape index (κ3) is 4.67. The Hall–Kier alpha value is -2.73. The van der Waals surface area contributed by atoms with Gasteiger partial charge in [0.25, 0.3) is 5.91 Å². The largest absolute Gasteiger partial charge is 0.484 e. The first-order valence-electron chi connectivity index (χ1n) is 8.22. The van der Waals surface area contributed by atoms with Crippen molar-refractivity contribution in [1.29, 1.82) is 0 Å². The number of aryl methyl sites for hydroxylation is 1. The van der Waals surface area contributed by atoms with Crippen LogP contribution in [0.25, 0.3) is 0 Å². The zero-order valence-electron chi connectivity index (χ0n) is 14.5. The molecule has 138 valence electrons. The number of nitrogens with two attached hydrogens (primary N) is 1. The standard InChI is InChI=1S/C19H21N3O3.ClH/c1-13-7-8-14(20)10-17(13)21-18(23)12-25-16-5-2-4-15(11-16)22-9-3-6-19(22)24;/h2,4-5,7-8,10-11H,3,6,9,12,20H2,1H3,(H,21,23);1H. The molecule has 2 amide bonds. The normalized spacial score (nSPS) is 13.3. The number of halogens is 1. The lowest BCUT2D eigenvalue weighted by Crippen LogP contribution is -2.24. The molecule has 1 aliphatic rings. The lowest BCUT2D eigenvalue weighted by Gasteiger charge is -2.16. The van der Waals surface area contributed by atoms with Crippen molar-refractivity contribution in [3.05, 3.63) is 48.0 Å². The van der Waals surface area contributed by atoms with Crippen LogP contribution in [0.4, 0.5) is 17.1 Å². The van der Waals surface area contributed by atoms with Crippen LogP contribution >= 0.6 is 12.4 Å². The molecule has 3 N–H and O–H groups in total. The highest BCUT2D eigenvalue weighted by atomic mass is 35.5. The molecule has 6 nitrogen and oxygen atoms in total. The summed E-state index contributed by atoms with van der Waals surface area (Å²) in [6.45, 7) is 2.50. The average Bonchev–Trinajstić information content (AvgIpc) is 3.03. The van der Waals surface area contributed by atoms with E-state index in [-0.39, 0.29) is 30.8 Å². The summed E-state index contributed by atoms with van der Waals surface area (Å²) in [6, 6.07) is 12.6. The Morgan fingerprint density at radius 2 is 2.08 bits per heavy atom. The minimum absolute atomic E-state index is 0. The first-order chi connectivity index (χ1) is 12.0. The first-order valence-corrected chi connectivity index (χ1v) is 8.22. The van der Waals surface area contributed by atoms with Crippen molar-refractivity contribution in [2.75, 3.05) is 29.1 Å². The van der Waals surface area contributed by atoms with Gasteiger partial charge in [0, 0.05) is 36.1 Å². The monoisotopic (exact) mass is 375 g/mol. The number of carbonyl (C=O) groups excluding carboxylic acids is 2. The zero-order valence-corrected chi connectivity index (χ0v) is 15.3. The number of hydrogen-bond acceptors (Lipinski definition) is 4. The molecule has 0 saturated carbocycles. The van der Waals surface area contributed by atoms with Crippen molar-refractivity contribution in [1.82, 2.24) is 0 Å². The SMILES string of the molecule is Cc1ccc(N)cc1NC(=O)COc1cccc(N2CCCC2=O)c1.Cl. The van der Waals surface area contributed by atoms with Crippen molar-refractivity contribution in [2.45, 2.75) is 19.8 Å². The first kappa shape index (κ1) is 19.6. The average molecular weight is 376 g/mol. The number of nitrogens with one attached hydrogen (secondary N) is 1. The number of ether oxygens (including phenoxy) is 1. The van der Waals surface area contributed by atoms with E-state index >= 15 is 0 Å². The Balaban J connectivity index is 0.00000243. The van der Waals surface area contributed by atoms with Gasteiger partial charge in [0.1, 0.15) is 5.75 Å². The summed E-state index contributed by atoms with van der Waals surface area (Å²) in [5.41, 5.74) is 8.73. The molecular formula is C19H22ClN3O3. The van der Waals surface area contributed by atoms with Crippen LogP contribution in [-0.2, 0) is 9.59 Å². The number of nitrogens with zero attached hydrogens (tertiary/aromatic N) is 1.